The molecule has 4 fully saturated rings. The summed E-state index contributed by atoms with van der Waals surface area (Å²) in [5.41, 5.74) is 21.1. The molecule has 22 heteroatoms. The topological polar surface area (TPSA) is 258 Å². The van der Waals surface area contributed by atoms with E-state index >= 15 is 0 Å². The van der Waals surface area contributed by atoms with Crippen molar-refractivity contribution in [2.75, 3.05) is 44.3 Å². The van der Waals surface area contributed by atoms with E-state index in [0.29, 0.717) is 23.4 Å². The molecule has 5 aromatic heterocycles. The number of benzene rings is 2. The van der Waals surface area contributed by atoms with E-state index in [1.807, 2.05) is 43.3 Å². The Kier molecular flexibility index (Phi) is 14.6. The van der Waals surface area contributed by atoms with Gasteiger partial charge in [0, 0.05) is 90.0 Å². The number of urea groups is 1. The molecular formula is C57H64N12O8S2. The number of carbonyl (C=O) groups is 1. The summed E-state index contributed by atoms with van der Waals surface area (Å²) in [6.45, 7) is 0. The van der Waals surface area contributed by atoms with Gasteiger partial charge in [0.1, 0.15) is 0 Å². The van der Waals surface area contributed by atoms with Crippen molar-refractivity contribution in [1.29, 1.82) is 0 Å². The van der Waals surface area contributed by atoms with Gasteiger partial charge in [0.05, 0.1) is 44.4 Å². The largest absolute Gasteiger partial charge is 0.806 e. The SMILES string of the molecule is CN(C)c1cc[n+](C([O-])=NS(=O)(=O)c2ccn(C3CC3)n2)cc1.COc1cc(-c2cc(C3CC3)c3c(c2N)CCC3)ccn1.COc1cc(-c2cc(C3CC3)c3c(c2NC(=O)NS(=O)(=O)c2ccn(C4CC4)n2)CCC3)ccn1. The molecule has 2 amide bonds. The summed E-state index contributed by atoms with van der Waals surface area (Å²) >= 11 is 0. The third-order valence-corrected chi connectivity index (χ3v) is 17.6. The zero-order chi connectivity index (χ0) is 55.2. The highest BCUT2D eigenvalue weighted by molar-refractivity contribution is 7.90. The molecule has 0 unspecified atom stereocenters. The van der Waals surface area contributed by atoms with Crippen molar-refractivity contribution < 1.29 is 40.8 Å². The maximum atomic E-state index is 13.0. The smallest absolute Gasteiger partial charge is 0.388 e. The summed E-state index contributed by atoms with van der Waals surface area (Å²) in [6, 6.07) is 17.2. The highest BCUT2D eigenvalue weighted by Crippen LogP contribution is 2.50. The quantitative estimate of drug-likeness (QED) is 0.0415. The average molecular weight is 1110 g/mol. The predicted octanol–water partition coefficient (Wildman–Crippen LogP) is 7.40. The number of amides is 2. The second-order valence-electron chi connectivity index (χ2n) is 21.2. The van der Waals surface area contributed by atoms with E-state index < -0.39 is 32.1 Å². The molecule has 5 heterocycles. The van der Waals surface area contributed by atoms with Gasteiger partial charge in [-0.3, -0.25) is 9.36 Å². The van der Waals surface area contributed by atoms with Crippen LogP contribution in [0.2, 0.25) is 0 Å². The Morgan fingerprint density at radius 3 is 1.75 bits per heavy atom. The van der Waals surface area contributed by atoms with Crippen LogP contribution in [0.3, 0.4) is 0 Å². The van der Waals surface area contributed by atoms with Gasteiger partial charge in [-0.15, -0.1) is 0 Å². The number of methoxy groups -OCH3 is 2. The molecule has 0 atom stereocenters. The Bertz CT molecular complexity index is 3710. The average Bonchev–Trinajstić information content (AvgIpc) is 4.47. The standard InChI is InChI=1S/C25H27N5O4S.C18H20N2O.C14H17N5O3S/c1-34-22-13-16(9-11-26-22)21-14-20(15-5-6-15)18-3-2-4-19(18)24(21)27-25(31)29-35(32,33)23-10-12-30(28-23)17-7-8-17;1-21-17-9-12(7-8-20-17)16-10-15(11-5-6-11)13-3-2-4-14(13)18(16)19;1-17(2)11-5-8-18(9-6-11)14(20)16-23(21,22)13-7-10-19(15-13)12-3-4-12/h9-15,17H,2-8H2,1H3,(H2,27,29,31);7-11H,2-6,19H2,1H3;5-10,12H,3-4H2,1-2H3. The maximum absolute atomic E-state index is 13.0. The number of sulfonamides is 2. The van der Waals surface area contributed by atoms with Gasteiger partial charge in [-0.05, 0) is 183 Å². The van der Waals surface area contributed by atoms with E-state index in [0.717, 1.165) is 101 Å². The van der Waals surface area contributed by atoms with Crippen molar-refractivity contribution in [3.63, 3.8) is 0 Å². The summed E-state index contributed by atoms with van der Waals surface area (Å²) in [5, 5.41) is 22.7. The van der Waals surface area contributed by atoms with Crippen molar-refractivity contribution in [2.24, 2.45) is 4.40 Å². The highest BCUT2D eigenvalue weighted by atomic mass is 32.2. The van der Waals surface area contributed by atoms with Gasteiger partial charge >= 0.3 is 16.1 Å². The first-order chi connectivity index (χ1) is 38.1. The van der Waals surface area contributed by atoms with Gasteiger partial charge in [-0.25, -0.2) is 24.1 Å². The van der Waals surface area contributed by atoms with E-state index in [4.69, 9.17) is 15.2 Å². The molecule has 412 valence electrons. The number of hydrogen-bond acceptors (Lipinski definition) is 14. The Hall–Kier alpha value is -7.85. The van der Waals surface area contributed by atoms with Gasteiger partial charge in [-0.1, -0.05) is 0 Å². The van der Waals surface area contributed by atoms with Crippen LogP contribution >= 0.6 is 0 Å². The molecule has 2 aromatic carbocycles. The fourth-order valence-corrected chi connectivity index (χ4v) is 12.2. The molecule has 7 aromatic rings. The molecule has 20 nitrogen and oxygen atoms in total. The van der Waals surface area contributed by atoms with Gasteiger partial charge in [-0.2, -0.15) is 27.0 Å². The van der Waals surface area contributed by atoms with Gasteiger partial charge in [0.15, 0.2) is 5.03 Å². The van der Waals surface area contributed by atoms with Crippen molar-refractivity contribution in [3.05, 3.63) is 131 Å². The lowest BCUT2D eigenvalue weighted by atomic mass is 9.91. The lowest BCUT2D eigenvalue weighted by molar-refractivity contribution is -0.613. The van der Waals surface area contributed by atoms with Crippen molar-refractivity contribution in [1.82, 2.24) is 34.3 Å². The van der Waals surface area contributed by atoms with Crippen molar-refractivity contribution >= 4 is 49.2 Å². The number of aromatic nitrogens is 7. The number of fused-ring (bicyclic) bond motifs is 2. The van der Waals surface area contributed by atoms with Crippen LogP contribution < -0.4 is 39.8 Å². The highest BCUT2D eigenvalue weighted by Gasteiger charge is 2.35. The minimum absolute atomic E-state index is 0.159. The van der Waals surface area contributed by atoms with Crippen LogP contribution in [0, 0.1) is 0 Å². The number of nitrogens with zero attached hydrogens (tertiary/aromatic N) is 9. The molecule has 6 aliphatic carbocycles. The van der Waals surface area contributed by atoms with E-state index in [-0.39, 0.29) is 22.1 Å². The first-order valence-electron chi connectivity index (χ1n) is 26.9. The van der Waals surface area contributed by atoms with E-state index in [9.17, 15) is 26.7 Å². The molecule has 4 N–H and O–H groups in total. The third kappa shape index (κ3) is 11.8. The number of anilines is 3. The summed E-state index contributed by atoms with van der Waals surface area (Å²) < 4.78 is 70.4. The number of nitrogens with one attached hydrogen (secondary N) is 2. The van der Waals surface area contributed by atoms with E-state index in [1.165, 1.54) is 79.7 Å². The maximum Gasteiger partial charge on any atom is 0.388 e. The minimum atomic E-state index is -4.11. The lowest BCUT2D eigenvalue weighted by Gasteiger charge is -2.20. The monoisotopic (exact) mass is 1110 g/mol. The van der Waals surface area contributed by atoms with Gasteiger partial charge in [0.25, 0.3) is 16.0 Å². The molecule has 79 heavy (non-hydrogen) atoms. The number of carbonyl (C=O) groups excluding carboxylic acids is 1. The van der Waals surface area contributed by atoms with Crippen LogP contribution in [0.4, 0.5) is 21.9 Å². The van der Waals surface area contributed by atoms with Crippen molar-refractivity contribution in [2.45, 2.75) is 124 Å². The Morgan fingerprint density at radius 1 is 0.696 bits per heavy atom. The summed E-state index contributed by atoms with van der Waals surface area (Å²) in [7, 11) is -1.27. The van der Waals surface area contributed by atoms with Crippen LogP contribution in [-0.4, -0.2) is 86.7 Å². The minimum Gasteiger partial charge on any atom is -0.806 e. The number of ether oxygens (including phenoxy) is 2. The Morgan fingerprint density at radius 2 is 1.20 bits per heavy atom. The fourth-order valence-electron chi connectivity index (χ4n) is 10.5. The molecule has 6 aliphatic rings. The number of pyridine rings is 3. The van der Waals surface area contributed by atoms with E-state index in [1.54, 1.807) is 71.6 Å². The zero-order valence-corrected chi connectivity index (χ0v) is 46.3. The number of nitrogen functional groups attached to an aromatic ring is 1. The predicted molar refractivity (Wildman–Crippen MR) is 296 cm³/mol. The molecule has 4 saturated carbocycles. The van der Waals surface area contributed by atoms with Crippen LogP contribution in [0.1, 0.15) is 122 Å². The van der Waals surface area contributed by atoms with Crippen LogP contribution in [0.15, 0.2) is 112 Å². The van der Waals surface area contributed by atoms with Gasteiger partial charge in [0.2, 0.25) is 16.8 Å². The summed E-state index contributed by atoms with van der Waals surface area (Å²) in [5.74, 6) is 2.43. The molecule has 0 radical (unpaired) electrons. The van der Waals surface area contributed by atoms with Gasteiger partial charge < -0.3 is 30.5 Å². The van der Waals surface area contributed by atoms with Crippen LogP contribution in [-0.2, 0) is 45.7 Å². The first-order valence-corrected chi connectivity index (χ1v) is 29.8. The lowest BCUT2D eigenvalue weighted by Crippen LogP contribution is -2.51. The first kappa shape index (κ1) is 53.2. The van der Waals surface area contributed by atoms with Crippen LogP contribution in [0.25, 0.3) is 22.3 Å². The normalized spacial score (nSPS) is 16.6. The van der Waals surface area contributed by atoms with Crippen LogP contribution in [0.5, 0.6) is 11.8 Å². The second-order valence-corrected chi connectivity index (χ2v) is 24.3. The molecule has 0 aliphatic heterocycles. The Labute approximate surface area is 459 Å². The molecule has 13 rings (SSSR count). The second kappa shape index (κ2) is 21.8. The third-order valence-electron chi connectivity index (χ3n) is 15.2. The number of nitrogens with two attached hydrogens (primary N) is 1. The molecular weight excluding hydrogens is 1040 g/mol. The summed E-state index contributed by atoms with van der Waals surface area (Å²) in [6.07, 6.45) is 25.0. The molecule has 0 bridgehead atoms. The number of rotatable bonds is 14. The summed E-state index contributed by atoms with van der Waals surface area (Å²) in [4.78, 5) is 23.3. The fraction of sp³-hybridized carbons (Fsp3) is 0.386. The van der Waals surface area contributed by atoms with Crippen molar-refractivity contribution in [3.8, 4) is 34.0 Å². The zero-order valence-electron chi connectivity index (χ0n) is 44.6. The molecule has 0 saturated heterocycles. The van der Waals surface area contributed by atoms with E-state index in [2.05, 4.69) is 46.7 Å². The number of hydrogen-bond donors (Lipinski definition) is 3. The Balaban J connectivity index is 0.000000131. The molecule has 0 spiro atoms.